The number of carbonyl (C=O) groups is 9. The van der Waals surface area contributed by atoms with Crippen molar-refractivity contribution in [1.29, 1.82) is 0 Å². The highest BCUT2D eigenvalue weighted by atomic mass is 16.4. The molecule has 0 radical (unpaired) electrons. The second-order valence-corrected chi connectivity index (χ2v) is 17.2. The van der Waals surface area contributed by atoms with Crippen LogP contribution in [0.15, 0.2) is 0 Å². The summed E-state index contributed by atoms with van der Waals surface area (Å²) in [5.41, 5.74) is 5.65. The van der Waals surface area contributed by atoms with Gasteiger partial charge in [0.05, 0.1) is 25.2 Å². The van der Waals surface area contributed by atoms with Crippen LogP contribution >= 0.6 is 0 Å². The summed E-state index contributed by atoms with van der Waals surface area (Å²) in [6, 6.07) is -7.59. The molecule has 20 nitrogen and oxygen atoms in total. The van der Waals surface area contributed by atoms with Gasteiger partial charge in [0.25, 0.3) is 0 Å². The zero-order chi connectivity index (χ0) is 47.3. The Balaban J connectivity index is 5.77. The van der Waals surface area contributed by atoms with Crippen LogP contribution in [0.25, 0.3) is 0 Å². The van der Waals surface area contributed by atoms with Crippen LogP contribution in [0, 0.1) is 29.6 Å². The van der Waals surface area contributed by atoms with Crippen LogP contribution in [0.3, 0.4) is 0 Å². The molecule has 10 atom stereocenters. The maximum absolute atomic E-state index is 13.7. The maximum Gasteiger partial charge on any atom is 0.326 e. The molecule has 12 N–H and O–H groups in total. The average Bonchev–Trinajstić information content (AvgIpc) is 3.16. The lowest BCUT2D eigenvalue weighted by Crippen LogP contribution is -2.61. The van der Waals surface area contributed by atoms with E-state index in [1.165, 1.54) is 13.8 Å². The van der Waals surface area contributed by atoms with Crippen molar-refractivity contribution in [3.63, 3.8) is 0 Å². The van der Waals surface area contributed by atoms with Crippen molar-refractivity contribution in [2.75, 3.05) is 13.1 Å². The number of hydrogen-bond acceptors (Lipinski definition) is 11. The van der Waals surface area contributed by atoms with Gasteiger partial charge >= 0.3 is 5.97 Å². The first kappa shape index (κ1) is 56.1. The van der Waals surface area contributed by atoms with Gasteiger partial charge in [0.2, 0.25) is 47.3 Å². The fourth-order valence-corrected chi connectivity index (χ4v) is 6.08. The quantitative estimate of drug-likeness (QED) is 0.0459. The largest absolute Gasteiger partial charge is 0.480 e. The summed E-state index contributed by atoms with van der Waals surface area (Å²) in [6.07, 6.45) is -0.0212. The van der Waals surface area contributed by atoms with E-state index < -0.39 is 127 Å². The van der Waals surface area contributed by atoms with Gasteiger partial charge in [-0.1, -0.05) is 82.1 Å². The Hall–Kier alpha value is -4.85. The first-order chi connectivity index (χ1) is 28.2. The van der Waals surface area contributed by atoms with Crippen molar-refractivity contribution in [3.8, 4) is 0 Å². The molecule has 0 saturated carbocycles. The van der Waals surface area contributed by atoms with Gasteiger partial charge in [-0.3, -0.25) is 38.4 Å². The van der Waals surface area contributed by atoms with Crippen molar-refractivity contribution in [3.05, 3.63) is 0 Å². The zero-order valence-electron chi connectivity index (χ0n) is 38.1. The predicted octanol–water partition coefficient (Wildman–Crippen LogP) is -0.829. The Labute approximate surface area is 360 Å². The standard InChI is InChI=1S/C41H75N9O11/c1-13-23(9)33(47-30(53)18-43-29(52)17-27(15-20(3)4)45-36(55)25(11)42)38(57)44-19-31(54)48-34(24(10)14-2)39(58)46-28(16-21(5)6)37(56)50-35(26(12)51)40(59)49-32(22(7)8)41(60)61/h20-28,32-35,51H,13-19,42H2,1-12H3,(H,43,52)(H,44,57)(H,45,55)(H,46,58)(H,47,53)(H,48,54)(H,49,59)(H,50,56)(H,60,61)/t23-,24-,25-,26+,27-,28-,32-,33-,34-,35-/m0/s1. The second-order valence-electron chi connectivity index (χ2n) is 17.2. The molecule has 0 spiro atoms. The molecule has 0 aliphatic rings. The number of aliphatic carboxylic acids is 1. The molecule has 61 heavy (non-hydrogen) atoms. The highest BCUT2D eigenvalue weighted by Gasteiger charge is 2.35. The van der Waals surface area contributed by atoms with Crippen LogP contribution in [-0.4, -0.2) is 125 Å². The average molecular weight is 870 g/mol. The van der Waals surface area contributed by atoms with E-state index >= 15 is 0 Å². The minimum absolute atomic E-state index is 0.0904. The number of carboxylic acids is 1. The summed E-state index contributed by atoms with van der Waals surface area (Å²) in [6.45, 7) is 19.4. The monoisotopic (exact) mass is 870 g/mol. The minimum Gasteiger partial charge on any atom is -0.480 e. The van der Waals surface area contributed by atoms with Crippen molar-refractivity contribution in [2.24, 2.45) is 35.3 Å². The van der Waals surface area contributed by atoms with Gasteiger partial charge in [-0.15, -0.1) is 0 Å². The third kappa shape index (κ3) is 21.5. The molecule has 0 heterocycles. The topological polar surface area (TPSA) is 316 Å². The zero-order valence-corrected chi connectivity index (χ0v) is 38.1. The molecule has 20 heteroatoms. The molecule has 0 bridgehead atoms. The number of hydrogen-bond donors (Lipinski definition) is 11. The summed E-state index contributed by atoms with van der Waals surface area (Å²) in [5.74, 6) is -8.07. The Morgan fingerprint density at radius 1 is 0.508 bits per heavy atom. The molecule has 0 aliphatic carbocycles. The van der Waals surface area contributed by atoms with Crippen LogP contribution in [0.5, 0.6) is 0 Å². The highest BCUT2D eigenvalue weighted by molar-refractivity contribution is 5.96. The number of aliphatic hydroxyl groups excluding tert-OH is 1. The Kier molecular flexibility index (Phi) is 25.7. The third-order valence-electron chi connectivity index (χ3n) is 10.1. The fraction of sp³-hybridized carbons (Fsp3) is 0.780. The number of nitrogens with one attached hydrogen (secondary N) is 8. The molecule has 0 aromatic carbocycles. The Morgan fingerprint density at radius 2 is 0.967 bits per heavy atom. The summed E-state index contributed by atoms with van der Waals surface area (Å²) < 4.78 is 0. The predicted molar refractivity (Wildman–Crippen MR) is 228 cm³/mol. The van der Waals surface area contributed by atoms with Crippen LogP contribution < -0.4 is 48.3 Å². The van der Waals surface area contributed by atoms with Crippen LogP contribution in [0.4, 0.5) is 0 Å². The van der Waals surface area contributed by atoms with Crippen molar-refractivity contribution >= 4 is 53.2 Å². The summed E-state index contributed by atoms with van der Waals surface area (Å²) in [7, 11) is 0. The van der Waals surface area contributed by atoms with Crippen LogP contribution in [0.1, 0.15) is 115 Å². The van der Waals surface area contributed by atoms with E-state index in [2.05, 4.69) is 42.5 Å². The molecule has 0 saturated heterocycles. The SMILES string of the molecule is CC[C@H](C)[C@H](NC(=O)CNC(=O)C[C@H](CC(C)C)NC(=O)[C@H](C)N)C(=O)NCC(=O)N[C@H](C(=O)N[C@@H](CC(C)C)C(=O)N[C@H](C(=O)N[C@H](C(=O)O)C(C)C)[C@@H](C)O)[C@@H](C)CC. The molecule has 0 aliphatic heterocycles. The number of amides is 8. The molecule has 0 rings (SSSR count). The lowest BCUT2D eigenvalue weighted by Gasteiger charge is -2.29. The van der Waals surface area contributed by atoms with Gasteiger partial charge in [0.1, 0.15) is 30.2 Å². The first-order valence-corrected chi connectivity index (χ1v) is 21.3. The molecular formula is C41H75N9O11. The molecule has 8 amide bonds. The summed E-state index contributed by atoms with van der Waals surface area (Å²) in [5, 5.41) is 40.2. The number of carboxylic acid groups (broad SMARTS) is 1. The molecule has 0 aromatic rings. The van der Waals surface area contributed by atoms with Crippen LogP contribution in [-0.2, 0) is 43.2 Å². The molecule has 350 valence electrons. The van der Waals surface area contributed by atoms with Gasteiger partial charge in [-0.05, 0) is 56.3 Å². The Bertz CT molecular complexity index is 1490. The number of aliphatic hydroxyl groups is 1. The Morgan fingerprint density at radius 3 is 1.39 bits per heavy atom. The third-order valence-corrected chi connectivity index (χ3v) is 10.1. The van der Waals surface area contributed by atoms with Gasteiger partial charge in [0.15, 0.2) is 0 Å². The summed E-state index contributed by atoms with van der Waals surface area (Å²) in [4.78, 5) is 116. The minimum atomic E-state index is -1.55. The van der Waals surface area contributed by atoms with Gasteiger partial charge in [-0.25, -0.2) is 4.79 Å². The van der Waals surface area contributed by atoms with E-state index in [0.717, 1.165) is 0 Å². The van der Waals surface area contributed by atoms with Crippen molar-refractivity contribution in [2.45, 2.75) is 164 Å². The maximum atomic E-state index is 13.7. The van der Waals surface area contributed by atoms with Crippen molar-refractivity contribution < 1.29 is 53.4 Å². The van der Waals surface area contributed by atoms with Gasteiger partial charge < -0.3 is 58.5 Å². The lowest BCUT2D eigenvalue weighted by atomic mass is 9.96. The van der Waals surface area contributed by atoms with Crippen molar-refractivity contribution in [1.82, 2.24) is 42.5 Å². The normalized spacial score (nSPS) is 16.3. The molecular weight excluding hydrogens is 795 g/mol. The van der Waals surface area contributed by atoms with E-state index in [1.54, 1.807) is 55.4 Å². The molecule has 0 fully saturated rings. The molecule has 0 unspecified atom stereocenters. The van der Waals surface area contributed by atoms with E-state index in [-0.39, 0.29) is 30.6 Å². The van der Waals surface area contributed by atoms with E-state index in [0.29, 0.717) is 19.3 Å². The van der Waals surface area contributed by atoms with Gasteiger partial charge in [0, 0.05) is 12.5 Å². The lowest BCUT2D eigenvalue weighted by molar-refractivity contribution is -0.144. The van der Waals surface area contributed by atoms with E-state index in [9.17, 15) is 53.4 Å². The number of nitrogens with two attached hydrogens (primary N) is 1. The van der Waals surface area contributed by atoms with Crippen LogP contribution in [0.2, 0.25) is 0 Å². The van der Waals surface area contributed by atoms with Gasteiger partial charge in [-0.2, -0.15) is 0 Å². The first-order valence-electron chi connectivity index (χ1n) is 21.3. The van der Waals surface area contributed by atoms with E-state index in [4.69, 9.17) is 5.73 Å². The molecule has 0 aromatic heterocycles. The smallest absolute Gasteiger partial charge is 0.326 e. The number of carbonyl (C=O) groups excluding carboxylic acids is 8. The van der Waals surface area contributed by atoms with E-state index in [1.807, 2.05) is 13.8 Å². The fourth-order valence-electron chi connectivity index (χ4n) is 6.08. The highest BCUT2D eigenvalue weighted by Crippen LogP contribution is 2.13. The summed E-state index contributed by atoms with van der Waals surface area (Å²) >= 11 is 0. The number of rotatable bonds is 28. The second kappa shape index (κ2) is 27.9.